The van der Waals surface area contributed by atoms with Gasteiger partial charge in [0.2, 0.25) is 0 Å². The quantitative estimate of drug-likeness (QED) is 0.151. The van der Waals surface area contributed by atoms with Crippen molar-refractivity contribution < 1.29 is 0 Å². The molecular weight excluding hydrogens is 889 g/mol. The molecule has 14 aromatic rings. The molecule has 0 saturated carbocycles. The Hall–Kier alpha value is -8.84. The molecule has 0 heteroatoms. The molecule has 0 unspecified atom stereocenters. The Bertz CT molecular complexity index is 4380. The number of rotatable bonds is 5. The number of benzene rings is 14. The first-order valence-electron chi connectivity index (χ1n) is 26.3. The molecule has 0 spiro atoms. The first-order chi connectivity index (χ1) is 36.2. The van der Waals surface area contributed by atoms with Crippen molar-refractivity contribution in [2.45, 2.75) is 38.5 Å². The fraction of sp³-hybridized carbons (Fsp3) is 0.0811. The third-order valence-electron chi connectivity index (χ3n) is 17.8. The van der Waals surface area contributed by atoms with Crippen LogP contribution < -0.4 is 0 Å². The third kappa shape index (κ3) is 5.69. The molecule has 346 valence electrons. The molecule has 0 fully saturated rings. The summed E-state index contributed by atoms with van der Waals surface area (Å²) in [6, 6.07) is 87.8. The van der Waals surface area contributed by atoms with Crippen LogP contribution in [-0.4, -0.2) is 0 Å². The summed E-state index contributed by atoms with van der Waals surface area (Å²) in [5.41, 5.74) is 23.2. The molecule has 2 aliphatic carbocycles. The third-order valence-corrected chi connectivity index (χ3v) is 17.8. The highest BCUT2D eigenvalue weighted by molar-refractivity contribution is 6.27. The van der Waals surface area contributed by atoms with E-state index in [2.05, 4.69) is 258 Å². The molecule has 14 aromatic carbocycles. The Morgan fingerprint density at radius 2 is 0.486 bits per heavy atom. The van der Waals surface area contributed by atoms with Crippen molar-refractivity contribution in [2.24, 2.45) is 0 Å². The van der Waals surface area contributed by atoms with Gasteiger partial charge in [-0.1, -0.05) is 234 Å². The molecule has 0 aromatic heterocycles. The van der Waals surface area contributed by atoms with Crippen LogP contribution in [0.2, 0.25) is 0 Å². The van der Waals surface area contributed by atoms with Crippen molar-refractivity contribution in [2.75, 3.05) is 0 Å². The van der Waals surface area contributed by atoms with Crippen molar-refractivity contribution in [1.29, 1.82) is 0 Å². The predicted octanol–water partition coefficient (Wildman–Crippen LogP) is 20.4. The molecule has 0 atom stereocenters. The van der Waals surface area contributed by atoms with Crippen molar-refractivity contribution in [3.05, 3.63) is 253 Å². The van der Waals surface area contributed by atoms with E-state index in [9.17, 15) is 0 Å². The highest BCUT2D eigenvalue weighted by Gasteiger charge is 2.38. The van der Waals surface area contributed by atoms with Gasteiger partial charge in [0.05, 0.1) is 0 Å². The summed E-state index contributed by atoms with van der Waals surface area (Å²) in [7, 11) is 0. The Balaban J connectivity index is 0.737. The van der Waals surface area contributed by atoms with Crippen LogP contribution >= 0.6 is 0 Å². The second-order valence-electron chi connectivity index (χ2n) is 22.3. The second kappa shape index (κ2) is 14.9. The fourth-order valence-corrected chi connectivity index (χ4v) is 14.0. The largest absolute Gasteiger partial charge is 0.0616 e. The minimum absolute atomic E-state index is 0.185. The summed E-state index contributed by atoms with van der Waals surface area (Å²) in [6.45, 7) is 9.67. The van der Waals surface area contributed by atoms with Crippen molar-refractivity contribution in [1.82, 2.24) is 0 Å². The predicted molar refractivity (Wildman–Crippen MR) is 316 cm³/mol. The molecule has 0 amide bonds. The molecule has 2 aliphatic rings. The van der Waals surface area contributed by atoms with Crippen LogP contribution in [0.3, 0.4) is 0 Å². The first kappa shape index (κ1) is 41.7. The van der Waals surface area contributed by atoms with Gasteiger partial charge in [-0.3, -0.25) is 0 Å². The van der Waals surface area contributed by atoms with Crippen LogP contribution in [0.15, 0.2) is 231 Å². The summed E-state index contributed by atoms with van der Waals surface area (Å²) in [5.74, 6) is 0. The maximum absolute atomic E-state index is 2.48. The van der Waals surface area contributed by atoms with E-state index in [1.54, 1.807) is 0 Å². The Labute approximate surface area is 431 Å². The normalized spacial score (nSPS) is 14.2. The zero-order valence-corrected chi connectivity index (χ0v) is 41.9. The summed E-state index contributed by atoms with van der Waals surface area (Å²) < 4.78 is 0. The van der Waals surface area contributed by atoms with Crippen molar-refractivity contribution in [3.63, 3.8) is 0 Å². The van der Waals surface area contributed by atoms with Crippen LogP contribution in [0.1, 0.15) is 49.9 Å². The lowest BCUT2D eigenvalue weighted by atomic mass is 9.79. The molecule has 0 bridgehead atoms. The van der Waals surface area contributed by atoms with Crippen LogP contribution in [0, 0.1) is 0 Å². The number of hydrogen-bond acceptors (Lipinski definition) is 0. The molecule has 0 aliphatic heterocycles. The van der Waals surface area contributed by atoms with Crippen molar-refractivity contribution >= 4 is 64.6 Å². The fourth-order valence-electron chi connectivity index (χ4n) is 14.0. The van der Waals surface area contributed by atoms with E-state index in [4.69, 9.17) is 0 Å². The molecule has 0 saturated heterocycles. The number of hydrogen-bond donors (Lipinski definition) is 0. The minimum atomic E-state index is -0.185. The van der Waals surface area contributed by atoms with Crippen LogP contribution in [0.4, 0.5) is 0 Å². The monoisotopic (exact) mass is 938 g/mol. The zero-order valence-electron chi connectivity index (χ0n) is 41.9. The Morgan fingerprint density at radius 3 is 0.865 bits per heavy atom. The average Bonchev–Trinajstić information content (AvgIpc) is 3.85. The highest BCUT2D eigenvalue weighted by atomic mass is 14.4. The van der Waals surface area contributed by atoms with Gasteiger partial charge in [-0.15, -0.1) is 0 Å². The van der Waals surface area contributed by atoms with Gasteiger partial charge in [-0.25, -0.2) is 0 Å². The molecule has 16 rings (SSSR count). The van der Waals surface area contributed by atoms with E-state index in [-0.39, 0.29) is 10.8 Å². The second-order valence-corrected chi connectivity index (χ2v) is 22.3. The smallest absolute Gasteiger partial charge is 0.0159 e. The SMILES string of the molecule is CC1(C)c2cc(-c3ccc4c(c3)C(C)(C)c3cc(-c5ccccc5-c5ccc6ccc7cccc8ccc5c6c78)ccc3-4)ccc2-c2ccc(-c3ccccc3-c3ccc4ccc5cccc6ccc3c4c56)cc21. The maximum atomic E-state index is 2.48. The highest BCUT2D eigenvalue weighted by Crippen LogP contribution is 2.54. The summed E-state index contributed by atoms with van der Waals surface area (Å²) >= 11 is 0. The van der Waals surface area contributed by atoms with Crippen LogP contribution in [0.5, 0.6) is 0 Å². The van der Waals surface area contributed by atoms with Crippen LogP contribution in [-0.2, 0) is 10.8 Å². The Kier molecular flexibility index (Phi) is 8.39. The molecule has 0 heterocycles. The van der Waals surface area contributed by atoms with Gasteiger partial charge in [-0.2, -0.15) is 0 Å². The van der Waals surface area contributed by atoms with Gasteiger partial charge in [-0.05, 0) is 189 Å². The summed E-state index contributed by atoms with van der Waals surface area (Å²) in [5, 5.41) is 15.8. The van der Waals surface area contributed by atoms with Gasteiger partial charge in [0.15, 0.2) is 0 Å². The standard InChI is InChI=1S/C74H50/c1-73(2)65-39-49(27-33-59(65)61-35-29-51(41-67(61)73)53-15-5-7-17-55(53)57-31-23-47-21-19-43-11-9-13-45-25-37-63(57)71(47)69(43)45)50-28-34-60-62-36-30-52(42-68(62)74(3,4)66(60)40-50)54-16-6-8-18-56(54)58-32-24-48-22-20-44-12-10-14-46-26-38-64(58)72(48)70(44)46/h5-42H,1-4H3. The number of fused-ring (bicyclic) bond motifs is 6. The Morgan fingerprint density at radius 1 is 0.203 bits per heavy atom. The topological polar surface area (TPSA) is 0 Å². The summed E-state index contributed by atoms with van der Waals surface area (Å²) in [4.78, 5) is 0. The van der Waals surface area contributed by atoms with E-state index >= 15 is 0 Å². The van der Waals surface area contributed by atoms with Gasteiger partial charge in [0.1, 0.15) is 0 Å². The van der Waals surface area contributed by atoms with Crippen LogP contribution in [0.25, 0.3) is 143 Å². The van der Waals surface area contributed by atoms with E-state index in [1.165, 1.54) is 165 Å². The lowest BCUT2D eigenvalue weighted by Gasteiger charge is -2.24. The van der Waals surface area contributed by atoms with E-state index in [0.717, 1.165) is 0 Å². The molecule has 74 heavy (non-hydrogen) atoms. The minimum Gasteiger partial charge on any atom is -0.0616 e. The molecular formula is C74H50. The van der Waals surface area contributed by atoms with Crippen molar-refractivity contribution in [3.8, 4) is 77.9 Å². The van der Waals surface area contributed by atoms with E-state index in [1.807, 2.05) is 0 Å². The van der Waals surface area contributed by atoms with Gasteiger partial charge >= 0.3 is 0 Å². The van der Waals surface area contributed by atoms with Gasteiger partial charge < -0.3 is 0 Å². The molecule has 0 nitrogen and oxygen atoms in total. The lowest BCUT2D eigenvalue weighted by molar-refractivity contribution is 0.660. The first-order valence-corrected chi connectivity index (χ1v) is 26.3. The van der Waals surface area contributed by atoms with E-state index < -0.39 is 0 Å². The van der Waals surface area contributed by atoms with Gasteiger partial charge in [0.25, 0.3) is 0 Å². The average molecular weight is 939 g/mol. The molecule has 0 N–H and O–H groups in total. The van der Waals surface area contributed by atoms with Gasteiger partial charge in [0, 0.05) is 10.8 Å². The summed E-state index contributed by atoms with van der Waals surface area (Å²) in [6.07, 6.45) is 0. The molecule has 0 radical (unpaired) electrons. The zero-order chi connectivity index (χ0) is 49.2. The lowest BCUT2D eigenvalue weighted by Crippen LogP contribution is -2.15. The van der Waals surface area contributed by atoms with E-state index in [0.29, 0.717) is 0 Å². The maximum Gasteiger partial charge on any atom is 0.0159 e.